The lowest BCUT2D eigenvalue weighted by Crippen LogP contribution is -3.00. The number of carbonyl (C=O) groups is 2. The lowest BCUT2D eigenvalue weighted by molar-refractivity contribution is -0.966. The molecule has 0 bridgehead atoms. The molecule has 0 aromatic rings. The highest BCUT2D eigenvalue weighted by Crippen LogP contribution is 2.16. The molecule has 0 spiro atoms. The molecule has 2 fully saturated rings. The maximum Gasteiger partial charge on any atom is 0.223 e. The summed E-state index contributed by atoms with van der Waals surface area (Å²) in [5.74, 6) is 0.549. The van der Waals surface area contributed by atoms with Crippen LogP contribution < -0.4 is 24.8 Å². The van der Waals surface area contributed by atoms with Crippen LogP contribution in [0.25, 0.3) is 0 Å². The maximum absolute atomic E-state index is 12.0. The first kappa shape index (κ1) is 31.9. The number of halogens is 5. The smallest absolute Gasteiger partial charge is 0.223 e. The molecule has 2 aliphatic rings. The van der Waals surface area contributed by atoms with Crippen molar-refractivity contribution < 1.29 is 43.4 Å². The van der Waals surface area contributed by atoms with Crippen LogP contribution in [-0.2, 0) is 9.59 Å². The fourth-order valence-corrected chi connectivity index (χ4v) is 4.48. The Bertz CT molecular complexity index is 457. The van der Waals surface area contributed by atoms with Crippen LogP contribution in [0.1, 0.15) is 12.8 Å². The number of quaternary nitrogens is 2. The molecule has 2 saturated heterocycles. The second-order valence-corrected chi connectivity index (χ2v) is 9.81. The molecule has 2 rings (SSSR count). The zero-order valence-corrected chi connectivity index (χ0v) is 22.9. The molecule has 0 saturated carbocycles. The van der Waals surface area contributed by atoms with E-state index < -0.39 is 0 Å². The molecule has 29 heavy (non-hydrogen) atoms. The van der Waals surface area contributed by atoms with E-state index in [2.05, 4.69) is 46.0 Å². The quantitative estimate of drug-likeness (QED) is 0.217. The van der Waals surface area contributed by atoms with Crippen molar-refractivity contribution in [3.05, 3.63) is 0 Å². The lowest BCUT2D eigenvalue weighted by atomic mass is 10.2. The van der Waals surface area contributed by atoms with Crippen LogP contribution in [-0.4, -0.2) is 121 Å². The van der Waals surface area contributed by atoms with Crippen LogP contribution in [0.3, 0.4) is 0 Å². The fourth-order valence-electron chi connectivity index (χ4n) is 3.80. The first-order valence-corrected chi connectivity index (χ1v) is 11.9. The number of carbonyl (C=O) groups excluding carboxylic acids is 2. The summed E-state index contributed by atoms with van der Waals surface area (Å²) in [6, 6.07) is 0. The largest absolute Gasteiger partial charge is 1.00 e. The number of piperazine rings is 2. The highest BCUT2D eigenvalue weighted by atomic mass is 79.9. The number of rotatable bonds is 7. The van der Waals surface area contributed by atoms with E-state index >= 15 is 0 Å². The van der Waals surface area contributed by atoms with Crippen molar-refractivity contribution in [2.24, 2.45) is 0 Å². The molecule has 2 amide bonds. The second kappa shape index (κ2) is 14.7. The van der Waals surface area contributed by atoms with Gasteiger partial charge in [-0.25, -0.2) is 0 Å². The van der Waals surface area contributed by atoms with Gasteiger partial charge in [-0.3, -0.25) is 9.59 Å². The van der Waals surface area contributed by atoms with Gasteiger partial charge in [-0.05, 0) is 0 Å². The Kier molecular flexibility index (Phi) is 16.2. The Hall–Kier alpha value is 0.690. The summed E-state index contributed by atoms with van der Waals surface area (Å²) in [5, 5.41) is 1.50. The fraction of sp³-hybridized carbons (Fsp3) is 0.889. The predicted molar refractivity (Wildman–Crippen MR) is 119 cm³/mol. The highest BCUT2D eigenvalue weighted by molar-refractivity contribution is 9.09. The number of hydrogen-bond donors (Lipinski definition) is 0. The molecule has 11 heteroatoms. The molecule has 0 unspecified atom stereocenters. The molecule has 0 N–H and O–H groups in total. The third-order valence-corrected chi connectivity index (χ3v) is 6.93. The summed E-state index contributed by atoms with van der Waals surface area (Å²) in [5.41, 5.74) is 0. The SMILES string of the molecule is C[N+]1(CC[N+]2(C)CCN(C(=O)CCBr)CC2)CCN(C(=O)CCBr)CC1.Cl.[Cl-].[Cl-]. The summed E-state index contributed by atoms with van der Waals surface area (Å²) >= 11 is 6.71. The van der Waals surface area contributed by atoms with Gasteiger partial charge in [0, 0.05) is 23.5 Å². The molecule has 174 valence electrons. The molecule has 6 nitrogen and oxygen atoms in total. The van der Waals surface area contributed by atoms with E-state index in [1.54, 1.807) is 0 Å². The van der Waals surface area contributed by atoms with Crippen molar-refractivity contribution in [2.75, 3.05) is 90.2 Å². The van der Waals surface area contributed by atoms with Gasteiger partial charge >= 0.3 is 0 Å². The zero-order chi connectivity index (χ0) is 19.2. The number of amides is 2. The van der Waals surface area contributed by atoms with Crippen molar-refractivity contribution in [3.8, 4) is 0 Å². The third kappa shape index (κ3) is 9.79. The molecule has 0 atom stereocenters. The van der Waals surface area contributed by atoms with Gasteiger partial charge in [0.05, 0.1) is 66.5 Å². The van der Waals surface area contributed by atoms with Gasteiger partial charge in [0.25, 0.3) is 0 Å². The van der Waals surface area contributed by atoms with Gasteiger partial charge in [-0.2, -0.15) is 0 Å². The number of alkyl halides is 2. The minimum Gasteiger partial charge on any atom is -1.00 e. The van der Waals surface area contributed by atoms with E-state index in [-0.39, 0.29) is 49.0 Å². The third-order valence-electron chi connectivity index (χ3n) is 6.14. The Labute approximate surface area is 211 Å². The van der Waals surface area contributed by atoms with Gasteiger partial charge in [0.2, 0.25) is 11.8 Å². The van der Waals surface area contributed by atoms with Crippen LogP contribution >= 0.6 is 44.3 Å². The van der Waals surface area contributed by atoms with E-state index in [0.717, 1.165) is 85.1 Å². The summed E-state index contributed by atoms with van der Waals surface area (Å²) in [4.78, 5) is 28.1. The van der Waals surface area contributed by atoms with Gasteiger partial charge in [0.15, 0.2) is 0 Å². The molecule has 2 heterocycles. The molecule has 0 aromatic heterocycles. The van der Waals surface area contributed by atoms with E-state index in [1.807, 2.05) is 9.80 Å². The van der Waals surface area contributed by atoms with Crippen LogP contribution in [0.5, 0.6) is 0 Å². The number of nitrogens with zero attached hydrogens (tertiary/aromatic N) is 4. The van der Waals surface area contributed by atoms with Crippen LogP contribution in [0.4, 0.5) is 0 Å². The molecule has 0 aliphatic carbocycles. The topological polar surface area (TPSA) is 40.6 Å². The predicted octanol–water partition coefficient (Wildman–Crippen LogP) is -4.44. The van der Waals surface area contributed by atoms with Crippen LogP contribution in [0, 0.1) is 0 Å². The highest BCUT2D eigenvalue weighted by Gasteiger charge is 2.36. The van der Waals surface area contributed by atoms with E-state index in [4.69, 9.17) is 0 Å². The van der Waals surface area contributed by atoms with Crippen molar-refractivity contribution >= 4 is 56.1 Å². The first-order chi connectivity index (χ1) is 12.3. The van der Waals surface area contributed by atoms with Gasteiger partial charge < -0.3 is 43.6 Å². The van der Waals surface area contributed by atoms with Crippen LogP contribution in [0.15, 0.2) is 0 Å². The average Bonchev–Trinajstić information content (AvgIpc) is 2.62. The molecule has 0 radical (unpaired) electrons. The van der Waals surface area contributed by atoms with Crippen molar-refractivity contribution in [1.82, 2.24) is 9.80 Å². The monoisotopic (exact) mass is 602 g/mol. The first-order valence-electron chi connectivity index (χ1n) is 9.65. The lowest BCUT2D eigenvalue weighted by Gasteiger charge is -2.46. The maximum atomic E-state index is 12.0. The van der Waals surface area contributed by atoms with E-state index in [0.29, 0.717) is 12.8 Å². The molecular formula is C18H35Br2Cl3N4O2. The normalized spacial score (nSPS) is 20.0. The van der Waals surface area contributed by atoms with Crippen molar-refractivity contribution in [3.63, 3.8) is 0 Å². The van der Waals surface area contributed by atoms with Crippen LogP contribution in [0.2, 0.25) is 0 Å². The average molecular weight is 606 g/mol. The molecular weight excluding hydrogens is 570 g/mol. The summed E-state index contributed by atoms with van der Waals surface area (Å²) < 4.78 is 2.11. The van der Waals surface area contributed by atoms with Crippen molar-refractivity contribution in [2.45, 2.75) is 12.8 Å². The summed E-state index contributed by atoms with van der Waals surface area (Å²) in [6.07, 6.45) is 1.20. The number of likely N-dealkylation sites (N-methyl/N-ethyl adjacent to an activating group) is 2. The van der Waals surface area contributed by atoms with E-state index in [1.165, 1.54) is 0 Å². The van der Waals surface area contributed by atoms with Gasteiger partial charge in [-0.1, -0.05) is 31.9 Å². The molecule has 0 aromatic carbocycles. The zero-order valence-electron chi connectivity index (χ0n) is 17.4. The van der Waals surface area contributed by atoms with Gasteiger partial charge in [0.1, 0.15) is 13.1 Å². The summed E-state index contributed by atoms with van der Waals surface area (Å²) in [7, 11) is 4.66. The Morgan fingerprint density at radius 2 is 1.00 bits per heavy atom. The Morgan fingerprint density at radius 3 is 1.24 bits per heavy atom. The molecule has 2 aliphatic heterocycles. The number of hydrogen-bond acceptors (Lipinski definition) is 2. The van der Waals surface area contributed by atoms with E-state index in [9.17, 15) is 9.59 Å². The van der Waals surface area contributed by atoms with Gasteiger partial charge in [-0.15, -0.1) is 12.4 Å². The Balaban J connectivity index is 0. The van der Waals surface area contributed by atoms with Crippen molar-refractivity contribution in [1.29, 1.82) is 0 Å². The minimum atomic E-state index is 0. The minimum absolute atomic E-state index is 0. The standard InChI is InChI=1S/C18H34Br2N4O2.3ClH/c1-23(11-7-21(8-12-23)17(25)3-5-19)15-16-24(2)13-9-22(10-14-24)18(26)4-6-20;;;/h3-16H2,1-2H3;3*1H/q+2;;;/p-2. The second-order valence-electron chi connectivity index (χ2n) is 8.22. The Morgan fingerprint density at radius 1 is 0.724 bits per heavy atom. The summed E-state index contributed by atoms with van der Waals surface area (Å²) in [6.45, 7) is 9.98.